The smallest absolute Gasteiger partial charge is 0.308 e. The van der Waals surface area contributed by atoms with E-state index in [1.165, 1.54) is 11.3 Å². The first kappa shape index (κ1) is 8.36. The Labute approximate surface area is 73.5 Å². The van der Waals surface area contributed by atoms with Crippen molar-refractivity contribution < 1.29 is 9.90 Å². The summed E-state index contributed by atoms with van der Waals surface area (Å²) in [5.41, 5.74) is 0. The molecule has 0 spiro atoms. The van der Waals surface area contributed by atoms with E-state index in [2.05, 4.69) is 0 Å². The number of carboxylic acids is 1. The van der Waals surface area contributed by atoms with Gasteiger partial charge in [-0.25, -0.2) is 0 Å². The molecule has 1 N–H and O–H groups in total. The maximum Gasteiger partial charge on any atom is 0.308 e. The monoisotopic (exact) mass is 186 g/mol. The molecule has 0 amide bonds. The summed E-state index contributed by atoms with van der Waals surface area (Å²) in [6.45, 7) is 0. The van der Waals surface area contributed by atoms with Crippen LogP contribution >= 0.6 is 23.6 Å². The van der Waals surface area contributed by atoms with Crippen molar-refractivity contribution in [2.45, 2.75) is 6.42 Å². The minimum absolute atomic E-state index is 0.0458. The number of hydrogen-bond acceptors (Lipinski definition) is 3. The van der Waals surface area contributed by atoms with Crippen molar-refractivity contribution in [3.05, 3.63) is 22.4 Å². The van der Waals surface area contributed by atoms with Crippen LogP contribution in [0, 0.1) is 0 Å². The third kappa shape index (κ3) is 2.40. The van der Waals surface area contributed by atoms with Crippen molar-refractivity contribution in [2.24, 2.45) is 0 Å². The number of carbonyl (C=O) groups is 1. The van der Waals surface area contributed by atoms with Gasteiger partial charge in [0.2, 0.25) is 0 Å². The number of carboxylic acid groups (broad SMARTS) is 1. The van der Waals surface area contributed by atoms with E-state index in [0.717, 1.165) is 4.88 Å². The van der Waals surface area contributed by atoms with Crippen LogP contribution in [0.5, 0.6) is 0 Å². The Morgan fingerprint density at radius 2 is 2.45 bits per heavy atom. The predicted octanol–water partition coefficient (Wildman–Crippen LogP) is 1.94. The molecule has 0 aliphatic heterocycles. The average Bonchev–Trinajstić information content (AvgIpc) is 2.35. The second kappa shape index (κ2) is 3.59. The largest absolute Gasteiger partial charge is 0.481 e. The number of thiocarbonyl (C=S) groups is 1. The van der Waals surface area contributed by atoms with Crippen LogP contribution in [0.3, 0.4) is 0 Å². The van der Waals surface area contributed by atoms with Gasteiger partial charge in [-0.1, -0.05) is 18.3 Å². The molecule has 0 radical (unpaired) electrons. The third-order valence-electron chi connectivity index (χ3n) is 1.11. The Bertz CT molecular complexity index is 264. The maximum absolute atomic E-state index is 10.2. The summed E-state index contributed by atoms with van der Waals surface area (Å²) >= 11 is 6.35. The molecule has 0 aromatic carbocycles. The highest BCUT2D eigenvalue weighted by Gasteiger charge is 2.05. The van der Waals surface area contributed by atoms with Crippen molar-refractivity contribution in [2.75, 3.05) is 0 Å². The molecule has 0 aliphatic rings. The molecule has 0 bridgehead atoms. The molecule has 58 valence electrons. The Balaban J connectivity index is 2.64. The summed E-state index contributed by atoms with van der Waals surface area (Å²) in [4.78, 5) is 11.6. The van der Waals surface area contributed by atoms with E-state index in [9.17, 15) is 4.79 Å². The van der Waals surface area contributed by atoms with E-state index in [-0.39, 0.29) is 6.42 Å². The van der Waals surface area contributed by atoms with Crippen LogP contribution < -0.4 is 0 Å². The molecule has 0 fully saturated rings. The SMILES string of the molecule is O=C(O)CC(=S)c1cccs1. The number of thiophene rings is 1. The molecule has 1 aromatic rings. The fraction of sp³-hybridized carbons (Fsp3) is 0.143. The van der Waals surface area contributed by atoms with E-state index in [0.29, 0.717) is 4.86 Å². The zero-order valence-electron chi connectivity index (χ0n) is 5.61. The Morgan fingerprint density at radius 3 is 2.91 bits per heavy atom. The van der Waals surface area contributed by atoms with Crippen LogP contribution in [0.4, 0.5) is 0 Å². The van der Waals surface area contributed by atoms with Crippen molar-refractivity contribution in [3.8, 4) is 0 Å². The number of aliphatic carboxylic acids is 1. The van der Waals surface area contributed by atoms with Gasteiger partial charge in [-0.05, 0) is 11.4 Å². The van der Waals surface area contributed by atoms with Crippen LogP contribution in [0.1, 0.15) is 11.3 Å². The van der Waals surface area contributed by atoms with E-state index < -0.39 is 5.97 Å². The molecule has 1 rings (SSSR count). The fourth-order valence-electron chi connectivity index (χ4n) is 0.662. The van der Waals surface area contributed by atoms with Crippen LogP contribution in [-0.2, 0) is 4.79 Å². The minimum atomic E-state index is -0.872. The lowest BCUT2D eigenvalue weighted by Crippen LogP contribution is -2.03. The van der Waals surface area contributed by atoms with Gasteiger partial charge in [0.1, 0.15) is 0 Å². The highest BCUT2D eigenvalue weighted by Crippen LogP contribution is 2.11. The van der Waals surface area contributed by atoms with Crippen LogP contribution in [-0.4, -0.2) is 15.9 Å². The average molecular weight is 186 g/mol. The van der Waals surface area contributed by atoms with Crippen molar-refractivity contribution in [1.82, 2.24) is 0 Å². The molecule has 4 heteroatoms. The molecule has 0 atom stereocenters. The number of rotatable bonds is 3. The summed E-state index contributed by atoms with van der Waals surface area (Å²) in [6.07, 6.45) is -0.0458. The van der Waals surface area contributed by atoms with Gasteiger partial charge in [0.25, 0.3) is 0 Å². The topological polar surface area (TPSA) is 37.3 Å². The Kier molecular flexibility index (Phi) is 2.73. The minimum Gasteiger partial charge on any atom is -0.481 e. The molecule has 2 nitrogen and oxygen atoms in total. The normalized spacial score (nSPS) is 9.45. The van der Waals surface area contributed by atoms with Crippen LogP contribution in [0.2, 0.25) is 0 Å². The van der Waals surface area contributed by atoms with Gasteiger partial charge in [0, 0.05) is 9.74 Å². The molecule has 0 aliphatic carbocycles. The quantitative estimate of drug-likeness (QED) is 0.579. The highest BCUT2D eigenvalue weighted by atomic mass is 32.1. The lowest BCUT2D eigenvalue weighted by Gasteiger charge is -1.93. The van der Waals surface area contributed by atoms with Gasteiger partial charge in [0.15, 0.2) is 0 Å². The predicted molar refractivity (Wildman–Crippen MR) is 48.3 cm³/mol. The maximum atomic E-state index is 10.2. The Hall–Kier alpha value is -0.740. The van der Waals surface area contributed by atoms with E-state index >= 15 is 0 Å². The second-order valence-electron chi connectivity index (χ2n) is 1.97. The first-order valence-electron chi connectivity index (χ1n) is 2.98. The summed E-state index contributed by atoms with van der Waals surface area (Å²) in [5.74, 6) is -0.872. The highest BCUT2D eigenvalue weighted by molar-refractivity contribution is 7.81. The van der Waals surface area contributed by atoms with Gasteiger partial charge >= 0.3 is 5.97 Å². The molecule has 0 saturated heterocycles. The summed E-state index contributed by atoms with van der Waals surface area (Å²) in [5, 5.41) is 10.3. The molecular formula is C7H6O2S2. The van der Waals surface area contributed by atoms with Gasteiger partial charge < -0.3 is 5.11 Å². The van der Waals surface area contributed by atoms with Crippen LogP contribution in [0.15, 0.2) is 17.5 Å². The summed E-state index contributed by atoms with van der Waals surface area (Å²) in [7, 11) is 0. The van der Waals surface area contributed by atoms with Gasteiger partial charge in [-0.15, -0.1) is 11.3 Å². The van der Waals surface area contributed by atoms with Crippen molar-refractivity contribution >= 4 is 34.4 Å². The van der Waals surface area contributed by atoms with Gasteiger partial charge in [-0.3, -0.25) is 4.79 Å². The van der Waals surface area contributed by atoms with Crippen molar-refractivity contribution in [3.63, 3.8) is 0 Å². The second-order valence-corrected chi connectivity index (χ2v) is 3.41. The van der Waals surface area contributed by atoms with E-state index in [1.54, 1.807) is 0 Å². The first-order chi connectivity index (χ1) is 5.20. The van der Waals surface area contributed by atoms with Gasteiger partial charge in [0.05, 0.1) is 6.42 Å². The summed E-state index contributed by atoms with van der Waals surface area (Å²) in [6, 6.07) is 3.68. The third-order valence-corrected chi connectivity index (χ3v) is 2.53. The Morgan fingerprint density at radius 1 is 1.73 bits per heavy atom. The number of hydrogen-bond donors (Lipinski definition) is 1. The summed E-state index contributed by atoms with van der Waals surface area (Å²) < 4.78 is 0. The lowest BCUT2D eigenvalue weighted by atomic mass is 10.3. The first-order valence-corrected chi connectivity index (χ1v) is 4.27. The standard InChI is InChI=1S/C7H6O2S2/c8-7(9)4-5(10)6-2-1-3-11-6/h1-3H,4H2,(H,8,9). The zero-order chi connectivity index (χ0) is 8.27. The van der Waals surface area contributed by atoms with Crippen LogP contribution in [0.25, 0.3) is 0 Å². The molecular weight excluding hydrogens is 180 g/mol. The molecule has 1 heterocycles. The molecule has 0 unspecified atom stereocenters. The lowest BCUT2D eigenvalue weighted by molar-refractivity contribution is -0.135. The molecule has 0 saturated carbocycles. The molecule has 1 aromatic heterocycles. The fourth-order valence-corrected chi connectivity index (χ4v) is 1.66. The van der Waals surface area contributed by atoms with E-state index in [1.807, 2.05) is 17.5 Å². The molecule has 11 heavy (non-hydrogen) atoms. The zero-order valence-corrected chi connectivity index (χ0v) is 7.24. The van der Waals surface area contributed by atoms with Crippen molar-refractivity contribution in [1.29, 1.82) is 0 Å². The van der Waals surface area contributed by atoms with Gasteiger partial charge in [-0.2, -0.15) is 0 Å². The van der Waals surface area contributed by atoms with E-state index in [4.69, 9.17) is 17.3 Å².